The number of hydrogen-bond acceptors (Lipinski definition) is 3. The number of hydrogen-bond donors (Lipinski definition) is 1. The Balaban J connectivity index is 2.18. The van der Waals surface area contributed by atoms with Crippen molar-refractivity contribution < 1.29 is 4.74 Å². The van der Waals surface area contributed by atoms with Crippen LogP contribution < -0.4 is 5.73 Å². The lowest BCUT2D eigenvalue weighted by Gasteiger charge is -2.32. The van der Waals surface area contributed by atoms with E-state index in [0.717, 1.165) is 19.1 Å². The van der Waals surface area contributed by atoms with Crippen molar-refractivity contribution in [1.82, 2.24) is 4.90 Å². The van der Waals surface area contributed by atoms with Gasteiger partial charge in [0.05, 0.1) is 6.61 Å². The van der Waals surface area contributed by atoms with Crippen LogP contribution >= 0.6 is 0 Å². The van der Waals surface area contributed by atoms with E-state index in [2.05, 4.69) is 11.8 Å². The van der Waals surface area contributed by atoms with Crippen LogP contribution in [0.1, 0.15) is 26.2 Å². The highest BCUT2D eigenvalue weighted by Crippen LogP contribution is 2.17. The smallest absolute Gasteiger partial charge is 0.0502 e. The van der Waals surface area contributed by atoms with Gasteiger partial charge in [-0.25, -0.2) is 0 Å². The first-order valence-corrected chi connectivity index (χ1v) is 6.17. The Morgan fingerprint density at radius 1 is 1.53 bits per heavy atom. The van der Waals surface area contributed by atoms with Crippen molar-refractivity contribution in [3.63, 3.8) is 0 Å². The number of rotatable bonds is 6. The van der Waals surface area contributed by atoms with Gasteiger partial charge >= 0.3 is 0 Å². The molecule has 2 N–H and O–H groups in total. The Morgan fingerprint density at radius 3 is 3.00 bits per heavy atom. The number of piperidine rings is 1. The van der Waals surface area contributed by atoms with Crippen LogP contribution in [-0.4, -0.2) is 44.8 Å². The van der Waals surface area contributed by atoms with Crippen LogP contribution in [0.3, 0.4) is 0 Å². The molecule has 1 fully saturated rings. The van der Waals surface area contributed by atoms with Crippen molar-refractivity contribution in [2.75, 3.05) is 39.9 Å². The summed E-state index contributed by atoms with van der Waals surface area (Å²) in [4.78, 5) is 2.57. The summed E-state index contributed by atoms with van der Waals surface area (Å²) in [5.41, 5.74) is 5.62. The van der Waals surface area contributed by atoms with Gasteiger partial charge in [0.15, 0.2) is 0 Å². The van der Waals surface area contributed by atoms with Gasteiger partial charge in [-0.15, -0.1) is 0 Å². The first kappa shape index (κ1) is 12.9. The molecule has 0 spiro atoms. The molecule has 0 aromatic carbocycles. The summed E-state index contributed by atoms with van der Waals surface area (Å²) in [6.07, 6.45) is 3.89. The van der Waals surface area contributed by atoms with E-state index in [-0.39, 0.29) is 0 Å². The maximum atomic E-state index is 5.62. The second kappa shape index (κ2) is 7.20. The van der Waals surface area contributed by atoms with Crippen molar-refractivity contribution in [3.05, 3.63) is 0 Å². The molecule has 1 saturated heterocycles. The topological polar surface area (TPSA) is 38.5 Å². The van der Waals surface area contributed by atoms with Crippen LogP contribution in [-0.2, 0) is 4.74 Å². The third-order valence-corrected chi connectivity index (χ3v) is 3.35. The summed E-state index contributed by atoms with van der Waals surface area (Å²) in [5.74, 6) is 1.41. The molecule has 1 heterocycles. The van der Waals surface area contributed by atoms with Gasteiger partial charge in [-0.1, -0.05) is 6.92 Å². The largest absolute Gasteiger partial charge is 0.384 e. The minimum atomic E-state index is 0.660. The average Bonchev–Trinajstić information content (AvgIpc) is 2.27. The van der Waals surface area contributed by atoms with E-state index < -0.39 is 0 Å². The van der Waals surface area contributed by atoms with E-state index in [4.69, 9.17) is 10.5 Å². The van der Waals surface area contributed by atoms with E-state index in [1.807, 2.05) is 0 Å². The van der Waals surface area contributed by atoms with E-state index in [1.54, 1.807) is 7.11 Å². The predicted molar refractivity (Wildman–Crippen MR) is 63.9 cm³/mol. The highest BCUT2D eigenvalue weighted by atomic mass is 16.5. The van der Waals surface area contributed by atoms with Crippen LogP contribution in [0, 0.1) is 11.8 Å². The van der Waals surface area contributed by atoms with E-state index in [0.29, 0.717) is 5.92 Å². The molecule has 0 amide bonds. The molecule has 1 aliphatic rings. The summed E-state index contributed by atoms with van der Waals surface area (Å²) in [6.45, 7) is 7.65. The second-order valence-corrected chi connectivity index (χ2v) is 4.89. The Labute approximate surface area is 94.0 Å². The van der Waals surface area contributed by atoms with Gasteiger partial charge in [-0.3, -0.25) is 0 Å². The molecule has 0 aromatic rings. The van der Waals surface area contributed by atoms with Crippen molar-refractivity contribution in [3.8, 4) is 0 Å². The summed E-state index contributed by atoms with van der Waals surface area (Å²) >= 11 is 0. The highest BCUT2D eigenvalue weighted by molar-refractivity contribution is 4.73. The molecule has 2 unspecified atom stereocenters. The van der Waals surface area contributed by atoms with Gasteiger partial charge in [0.25, 0.3) is 0 Å². The zero-order valence-corrected chi connectivity index (χ0v) is 10.2. The minimum Gasteiger partial charge on any atom is -0.384 e. The van der Waals surface area contributed by atoms with Crippen LogP contribution in [0.15, 0.2) is 0 Å². The van der Waals surface area contributed by atoms with E-state index in [9.17, 15) is 0 Å². The van der Waals surface area contributed by atoms with Gasteiger partial charge in [0.1, 0.15) is 0 Å². The maximum Gasteiger partial charge on any atom is 0.0502 e. The molecule has 0 aliphatic carbocycles. The SMILES string of the molecule is COCC1CCCN(CCC(C)CN)C1. The van der Waals surface area contributed by atoms with Gasteiger partial charge < -0.3 is 15.4 Å². The number of methoxy groups -OCH3 is 1. The third kappa shape index (κ3) is 4.96. The van der Waals surface area contributed by atoms with Gasteiger partial charge in [0.2, 0.25) is 0 Å². The van der Waals surface area contributed by atoms with Crippen LogP contribution in [0.25, 0.3) is 0 Å². The van der Waals surface area contributed by atoms with Crippen LogP contribution in [0.2, 0.25) is 0 Å². The third-order valence-electron chi connectivity index (χ3n) is 3.35. The molecule has 0 radical (unpaired) electrons. The number of ether oxygens (including phenoxy) is 1. The first-order valence-electron chi connectivity index (χ1n) is 6.17. The number of nitrogens with two attached hydrogens (primary N) is 1. The standard InChI is InChI=1S/C12H26N2O/c1-11(8-13)5-7-14-6-3-4-12(9-14)10-15-2/h11-12H,3-10,13H2,1-2H3. The lowest BCUT2D eigenvalue weighted by molar-refractivity contribution is 0.0883. The number of nitrogens with zero attached hydrogens (tertiary/aromatic N) is 1. The molecule has 3 nitrogen and oxygen atoms in total. The zero-order valence-electron chi connectivity index (χ0n) is 10.2. The Kier molecular flexibility index (Phi) is 6.22. The Hall–Kier alpha value is -0.120. The van der Waals surface area contributed by atoms with Crippen molar-refractivity contribution >= 4 is 0 Å². The van der Waals surface area contributed by atoms with E-state index >= 15 is 0 Å². The molecule has 0 saturated carbocycles. The van der Waals surface area contributed by atoms with Crippen molar-refractivity contribution in [2.45, 2.75) is 26.2 Å². The summed E-state index contributed by atoms with van der Waals surface area (Å²) in [6, 6.07) is 0. The van der Waals surface area contributed by atoms with Crippen molar-refractivity contribution in [2.24, 2.45) is 17.6 Å². The Bertz CT molecular complexity index is 162. The second-order valence-electron chi connectivity index (χ2n) is 4.89. The fourth-order valence-corrected chi connectivity index (χ4v) is 2.25. The lowest BCUT2D eigenvalue weighted by Crippen LogP contribution is -2.38. The molecule has 1 rings (SSSR count). The number of likely N-dealkylation sites (tertiary alicyclic amines) is 1. The molecule has 90 valence electrons. The first-order chi connectivity index (χ1) is 7.26. The molecule has 3 heteroatoms. The maximum absolute atomic E-state index is 5.62. The zero-order chi connectivity index (χ0) is 11.1. The summed E-state index contributed by atoms with van der Waals surface area (Å²) in [7, 11) is 1.80. The molecule has 1 aliphatic heterocycles. The molecular weight excluding hydrogens is 188 g/mol. The Morgan fingerprint density at radius 2 is 2.33 bits per heavy atom. The fourth-order valence-electron chi connectivity index (χ4n) is 2.25. The van der Waals surface area contributed by atoms with Gasteiger partial charge in [-0.05, 0) is 50.7 Å². The fraction of sp³-hybridized carbons (Fsp3) is 1.00. The van der Waals surface area contributed by atoms with Gasteiger partial charge in [0, 0.05) is 13.7 Å². The normalized spacial score (nSPS) is 25.4. The molecular formula is C12H26N2O. The summed E-state index contributed by atoms with van der Waals surface area (Å²) < 4.78 is 5.23. The van der Waals surface area contributed by atoms with Gasteiger partial charge in [-0.2, -0.15) is 0 Å². The monoisotopic (exact) mass is 214 g/mol. The van der Waals surface area contributed by atoms with E-state index in [1.165, 1.54) is 38.9 Å². The molecule has 0 bridgehead atoms. The lowest BCUT2D eigenvalue weighted by atomic mass is 9.98. The van der Waals surface area contributed by atoms with Crippen LogP contribution in [0.5, 0.6) is 0 Å². The predicted octanol–water partition coefficient (Wildman–Crippen LogP) is 1.33. The average molecular weight is 214 g/mol. The van der Waals surface area contributed by atoms with Crippen LogP contribution in [0.4, 0.5) is 0 Å². The van der Waals surface area contributed by atoms with Crippen molar-refractivity contribution in [1.29, 1.82) is 0 Å². The minimum absolute atomic E-state index is 0.660. The quantitative estimate of drug-likeness (QED) is 0.725. The summed E-state index contributed by atoms with van der Waals surface area (Å²) in [5, 5.41) is 0. The molecule has 0 aromatic heterocycles. The highest BCUT2D eigenvalue weighted by Gasteiger charge is 2.19. The molecule has 2 atom stereocenters. The molecule has 15 heavy (non-hydrogen) atoms.